The van der Waals surface area contributed by atoms with Crippen molar-refractivity contribution in [1.82, 2.24) is 10.2 Å². The van der Waals surface area contributed by atoms with Crippen LogP contribution in [0.4, 0.5) is 4.39 Å². The zero-order valence-electron chi connectivity index (χ0n) is 20.3. The molecule has 3 N–H and O–H groups in total. The Morgan fingerprint density at radius 1 is 1.09 bits per heavy atom. The number of benzene rings is 2. The molecule has 0 unspecified atom stereocenters. The van der Waals surface area contributed by atoms with E-state index >= 15 is 0 Å². The van der Waals surface area contributed by atoms with Crippen LogP contribution in [0.1, 0.15) is 49.7 Å². The van der Waals surface area contributed by atoms with Gasteiger partial charge in [0, 0.05) is 13.1 Å². The summed E-state index contributed by atoms with van der Waals surface area (Å²) in [6.45, 7) is 1.89. The lowest BCUT2D eigenvalue weighted by Gasteiger charge is -2.41. The van der Waals surface area contributed by atoms with Gasteiger partial charge >= 0.3 is 0 Å². The minimum atomic E-state index is -0.724. The lowest BCUT2D eigenvalue weighted by Crippen LogP contribution is -2.53. The van der Waals surface area contributed by atoms with Crippen LogP contribution >= 0.6 is 0 Å². The molecule has 7 heteroatoms. The summed E-state index contributed by atoms with van der Waals surface area (Å²) in [5.41, 5.74) is 7.64. The first-order chi connectivity index (χ1) is 17.0. The summed E-state index contributed by atoms with van der Waals surface area (Å²) in [6.07, 6.45) is 6.40. The molecule has 2 aromatic carbocycles. The van der Waals surface area contributed by atoms with Crippen molar-refractivity contribution in [3.8, 4) is 5.75 Å². The molecule has 0 aromatic heterocycles. The molecule has 1 saturated heterocycles. The van der Waals surface area contributed by atoms with E-state index in [0.29, 0.717) is 51.1 Å². The summed E-state index contributed by atoms with van der Waals surface area (Å²) in [5.74, 6) is 0.489. The van der Waals surface area contributed by atoms with E-state index < -0.39 is 11.5 Å². The van der Waals surface area contributed by atoms with Gasteiger partial charge in [-0.05, 0) is 67.9 Å². The van der Waals surface area contributed by atoms with Crippen molar-refractivity contribution in [1.29, 1.82) is 0 Å². The zero-order chi connectivity index (χ0) is 24.7. The third-order valence-corrected chi connectivity index (χ3v) is 7.39. The van der Waals surface area contributed by atoms with Crippen molar-refractivity contribution in [2.45, 2.75) is 57.4 Å². The normalized spacial score (nSPS) is 19.8. The van der Waals surface area contributed by atoms with E-state index in [1.54, 1.807) is 17.0 Å². The molecule has 1 atom stereocenters. The number of hydrogen-bond donors (Lipinski definition) is 2. The second-order valence-corrected chi connectivity index (χ2v) is 9.82. The van der Waals surface area contributed by atoms with Crippen molar-refractivity contribution < 1.29 is 18.7 Å². The van der Waals surface area contributed by atoms with Crippen LogP contribution in [0.3, 0.4) is 0 Å². The first-order valence-corrected chi connectivity index (χ1v) is 12.7. The van der Waals surface area contributed by atoms with Crippen LogP contribution in [0.15, 0.2) is 48.5 Å². The molecule has 2 aliphatic heterocycles. The zero-order valence-corrected chi connectivity index (χ0v) is 20.3. The Hall–Kier alpha value is -2.93. The third kappa shape index (κ3) is 6.40. The molecule has 2 heterocycles. The van der Waals surface area contributed by atoms with E-state index in [4.69, 9.17) is 10.5 Å². The number of carbonyl (C=O) groups is 2. The number of halogens is 1. The van der Waals surface area contributed by atoms with E-state index in [0.717, 1.165) is 37.9 Å². The molecule has 0 radical (unpaired) electrons. The fraction of sp³-hybridized carbons (Fsp3) is 0.500. The van der Waals surface area contributed by atoms with Gasteiger partial charge in [0.15, 0.2) is 0 Å². The summed E-state index contributed by atoms with van der Waals surface area (Å²) >= 11 is 0. The topological polar surface area (TPSA) is 84.7 Å². The number of hydrogen-bond acceptors (Lipinski definition) is 4. The highest BCUT2D eigenvalue weighted by atomic mass is 19.1. The van der Waals surface area contributed by atoms with Gasteiger partial charge in [-0.25, -0.2) is 4.39 Å². The van der Waals surface area contributed by atoms with E-state index in [9.17, 15) is 14.0 Å². The SMILES string of the molecule is N[C@H](Cc1cccc(F)c1)C(=O)N1CCC2(CCCCCc3ccccc3OCCNC2=O)CC1. The van der Waals surface area contributed by atoms with Crippen LogP contribution in [0.5, 0.6) is 5.75 Å². The maximum absolute atomic E-state index is 13.5. The van der Waals surface area contributed by atoms with E-state index in [2.05, 4.69) is 11.4 Å². The number of nitrogens with one attached hydrogen (secondary N) is 1. The maximum atomic E-state index is 13.5. The standard InChI is InChI=1S/C28H36FN3O3/c29-23-10-6-7-21(19-23)20-24(30)26(33)32-16-13-28(14-17-32)12-5-1-2-8-22-9-3-4-11-25(22)35-18-15-31-27(28)34/h3-4,6-7,9-11,19,24H,1-2,5,8,12-18,20,30H2,(H,31,34)/t24-/m1/s1. The second kappa shape index (κ2) is 11.7. The Morgan fingerprint density at radius 3 is 2.69 bits per heavy atom. The van der Waals surface area contributed by atoms with E-state index in [1.807, 2.05) is 18.2 Å². The Morgan fingerprint density at radius 2 is 1.89 bits per heavy atom. The number of ether oxygens (including phenoxy) is 1. The van der Waals surface area contributed by atoms with Crippen LogP contribution in [0, 0.1) is 11.2 Å². The number of carbonyl (C=O) groups excluding carboxylic acids is 2. The lowest BCUT2D eigenvalue weighted by atomic mass is 9.73. The number of amides is 2. The Kier molecular flexibility index (Phi) is 8.39. The Bertz CT molecular complexity index is 1020. The van der Waals surface area contributed by atoms with Gasteiger partial charge in [0.25, 0.3) is 0 Å². The van der Waals surface area contributed by atoms with Gasteiger partial charge in [-0.3, -0.25) is 9.59 Å². The molecule has 6 nitrogen and oxygen atoms in total. The summed E-state index contributed by atoms with van der Waals surface area (Å²) in [4.78, 5) is 28.0. The van der Waals surface area contributed by atoms with Crippen molar-refractivity contribution in [3.63, 3.8) is 0 Å². The summed E-state index contributed by atoms with van der Waals surface area (Å²) < 4.78 is 19.4. The molecule has 0 saturated carbocycles. The van der Waals surface area contributed by atoms with Crippen molar-refractivity contribution in [2.24, 2.45) is 11.1 Å². The minimum Gasteiger partial charge on any atom is -0.491 e. The van der Waals surface area contributed by atoms with Gasteiger partial charge in [0.2, 0.25) is 11.8 Å². The molecular formula is C28H36FN3O3. The van der Waals surface area contributed by atoms with Gasteiger partial charge in [-0.15, -0.1) is 0 Å². The average Bonchev–Trinajstić information content (AvgIpc) is 2.87. The van der Waals surface area contributed by atoms with Gasteiger partial charge in [0.05, 0.1) is 18.0 Å². The number of fused-ring (bicyclic) bond motifs is 1. The predicted octanol–water partition coefficient (Wildman–Crippen LogP) is 3.62. The number of para-hydroxylation sites is 1. The molecule has 0 aliphatic carbocycles. The number of likely N-dealkylation sites (tertiary alicyclic amines) is 1. The predicted molar refractivity (Wildman–Crippen MR) is 133 cm³/mol. The van der Waals surface area contributed by atoms with Crippen LogP contribution in [0.2, 0.25) is 0 Å². The fourth-order valence-corrected chi connectivity index (χ4v) is 5.31. The van der Waals surface area contributed by atoms with Crippen LogP contribution < -0.4 is 15.8 Å². The molecule has 0 bridgehead atoms. The third-order valence-electron chi connectivity index (χ3n) is 7.39. The Balaban J connectivity index is 1.35. The van der Waals surface area contributed by atoms with Crippen LogP contribution in [-0.2, 0) is 22.4 Å². The molecule has 35 heavy (non-hydrogen) atoms. The number of piperidine rings is 1. The smallest absolute Gasteiger partial charge is 0.239 e. The van der Waals surface area contributed by atoms with E-state index in [-0.39, 0.29) is 17.6 Å². The highest BCUT2D eigenvalue weighted by Gasteiger charge is 2.42. The largest absolute Gasteiger partial charge is 0.491 e. The van der Waals surface area contributed by atoms with Gasteiger partial charge in [0.1, 0.15) is 18.2 Å². The summed E-state index contributed by atoms with van der Waals surface area (Å²) in [7, 11) is 0. The van der Waals surface area contributed by atoms with Crippen LogP contribution in [-0.4, -0.2) is 49.0 Å². The van der Waals surface area contributed by atoms with Crippen molar-refractivity contribution >= 4 is 11.8 Å². The van der Waals surface area contributed by atoms with Gasteiger partial charge < -0.3 is 20.7 Å². The quantitative estimate of drug-likeness (QED) is 0.701. The first-order valence-electron chi connectivity index (χ1n) is 12.7. The molecule has 2 aromatic rings. The second-order valence-electron chi connectivity index (χ2n) is 9.82. The summed E-state index contributed by atoms with van der Waals surface area (Å²) in [6, 6.07) is 13.6. The number of rotatable bonds is 3. The van der Waals surface area contributed by atoms with Crippen LogP contribution in [0.25, 0.3) is 0 Å². The van der Waals surface area contributed by atoms with Crippen molar-refractivity contribution in [2.75, 3.05) is 26.2 Å². The molecule has 188 valence electrons. The Labute approximate surface area is 207 Å². The highest BCUT2D eigenvalue weighted by Crippen LogP contribution is 2.38. The number of aryl methyl sites for hydroxylation is 1. The lowest BCUT2D eigenvalue weighted by molar-refractivity contribution is -0.141. The molecular weight excluding hydrogens is 445 g/mol. The molecule has 1 spiro atoms. The first kappa shape index (κ1) is 25.2. The summed E-state index contributed by atoms with van der Waals surface area (Å²) in [5, 5.41) is 3.09. The molecule has 2 aliphatic rings. The average molecular weight is 482 g/mol. The minimum absolute atomic E-state index is 0.0600. The number of nitrogens with two attached hydrogens (primary N) is 1. The number of nitrogens with zero attached hydrogens (tertiary/aromatic N) is 1. The fourth-order valence-electron chi connectivity index (χ4n) is 5.31. The molecule has 1 fully saturated rings. The van der Waals surface area contributed by atoms with Crippen molar-refractivity contribution in [3.05, 3.63) is 65.5 Å². The maximum Gasteiger partial charge on any atom is 0.239 e. The monoisotopic (exact) mass is 481 g/mol. The highest BCUT2D eigenvalue weighted by molar-refractivity contribution is 5.84. The molecule has 4 rings (SSSR count). The molecule has 2 amide bonds. The van der Waals surface area contributed by atoms with E-state index in [1.165, 1.54) is 17.7 Å². The van der Waals surface area contributed by atoms with Gasteiger partial charge in [-0.2, -0.15) is 0 Å². The van der Waals surface area contributed by atoms with Gasteiger partial charge in [-0.1, -0.05) is 43.2 Å².